The average Bonchev–Trinajstić information content (AvgIpc) is 2.78. The van der Waals surface area contributed by atoms with Gasteiger partial charge in [-0.05, 0) is 11.6 Å². The Bertz CT molecular complexity index is 795. The number of halogens is 2. The van der Waals surface area contributed by atoms with E-state index in [0.29, 0.717) is 15.9 Å². The maximum Gasteiger partial charge on any atom is 0.129 e. The van der Waals surface area contributed by atoms with E-state index >= 15 is 0 Å². The molecule has 0 aliphatic heterocycles. The number of aromatic nitrogens is 2. The monoisotopic (exact) mass is 317 g/mol. The second-order valence-electron chi connectivity index (χ2n) is 4.70. The van der Waals surface area contributed by atoms with Gasteiger partial charge < -0.3 is 5.73 Å². The van der Waals surface area contributed by atoms with Crippen molar-refractivity contribution in [3.8, 4) is 22.4 Å². The number of benzene rings is 2. The molecule has 0 radical (unpaired) electrons. The van der Waals surface area contributed by atoms with Gasteiger partial charge in [0.25, 0.3) is 0 Å². The largest absolute Gasteiger partial charge is 0.383 e. The van der Waals surface area contributed by atoms with Crippen LogP contribution in [0.4, 0.5) is 5.82 Å². The zero-order chi connectivity index (χ0) is 15.0. The molecule has 0 atom stereocenters. The Morgan fingerprint density at radius 1 is 1.00 bits per heavy atom. The van der Waals surface area contributed by atoms with E-state index in [9.17, 15) is 0 Å². The number of anilines is 1. The van der Waals surface area contributed by atoms with E-state index in [1.54, 1.807) is 10.7 Å². The highest BCUT2D eigenvalue weighted by Crippen LogP contribution is 2.40. The van der Waals surface area contributed by atoms with Crippen LogP contribution in [0.2, 0.25) is 10.0 Å². The molecule has 3 aromatic rings. The molecule has 2 aromatic carbocycles. The molecule has 21 heavy (non-hydrogen) atoms. The molecule has 0 unspecified atom stereocenters. The SMILES string of the molecule is Cn1nc(-c2cccc(Cl)c2Cl)c(-c2ccccc2)c1N. The minimum absolute atomic E-state index is 0.481. The smallest absolute Gasteiger partial charge is 0.129 e. The van der Waals surface area contributed by atoms with Gasteiger partial charge in [-0.3, -0.25) is 4.68 Å². The van der Waals surface area contributed by atoms with Gasteiger partial charge >= 0.3 is 0 Å². The third-order valence-corrected chi connectivity index (χ3v) is 4.18. The zero-order valence-electron chi connectivity index (χ0n) is 11.3. The summed E-state index contributed by atoms with van der Waals surface area (Å²) < 4.78 is 1.65. The molecule has 1 heterocycles. The van der Waals surface area contributed by atoms with Crippen LogP contribution in [-0.4, -0.2) is 9.78 Å². The predicted molar refractivity (Wildman–Crippen MR) is 88.5 cm³/mol. The number of nitrogens with two attached hydrogens (primary N) is 1. The molecule has 0 saturated carbocycles. The van der Waals surface area contributed by atoms with Crippen LogP contribution in [0.1, 0.15) is 0 Å². The highest BCUT2D eigenvalue weighted by atomic mass is 35.5. The summed E-state index contributed by atoms with van der Waals surface area (Å²) in [5.74, 6) is 0.590. The van der Waals surface area contributed by atoms with Gasteiger partial charge in [0.1, 0.15) is 11.5 Å². The lowest BCUT2D eigenvalue weighted by Gasteiger charge is -2.07. The maximum atomic E-state index is 6.33. The number of nitrogen functional groups attached to an aromatic ring is 1. The fourth-order valence-corrected chi connectivity index (χ4v) is 2.69. The first-order valence-corrected chi connectivity index (χ1v) is 7.17. The summed E-state index contributed by atoms with van der Waals surface area (Å²) in [7, 11) is 1.81. The summed E-state index contributed by atoms with van der Waals surface area (Å²) in [5, 5.41) is 5.49. The molecule has 3 nitrogen and oxygen atoms in total. The molecule has 1 aromatic heterocycles. The van der Waals surface area contributed by atoms with Crippen molar-refractivity contribution in [2.24, 2.45) is 7.05 Å². The first-order chi connectivity index (χ1) is 10.1. The first-order valence-electron chi connectivity index (χ1n) is 6.42. The predicted octanol–water partition coefficient (Wildman–Crippen LogP) is 4.64. The Balaban J connectivity index is 2.30. The number of hydrogen-bond donors (Lipinski definition) is 1. The van der Waals surface area contributed by atoms with Gasteiger partial charge in [-0.2, -0.15) is 5.10 Å². The van der Waals surface area contributed by atoms with Gasteiger partial charge in [0.15, 0.2) is 0 Å². The number of aryl methyl sites for hydroxylation is 1. The molecular weight excluding hydrogens is 305 g/mol. The Hall–Kier alpha value is -1.97. The van der Waals surface area contributed by atoms with E-state index in [1.165, 1.54) is 0 Å². The Labute approximate surface area is 132 Å². The lowest BCUT2D eigenvalue weighted by atomic mass is 10.0. The maximum absolute atomic E-state index is 6.33. The van der Waals surface area contributed by atoms with E-state index < -0.39 is 0 Å². The van der Waals surface area contributed by atoms with Gasteiger partial charge in [-0.25, -0.2) is 0 Å². The minimum Gasteiger partial charge on any atom is -0.383 e. The van der Waals surface area contributed by atoms with Crippen molar-refractivity contribution in [2.75, 3.05) is 5.73 Å². The quantitative estimate of drug-likeness (QED) is 0.748. The van der Waals surface area contributed by atoms with Gasteiger partial charge in [-0.1, -0.05) is 65.7 Å². The molecule has 0 spiro atoms. The first kappa shape index (κ1) is 14.0. The van der Waals surface area contributed by atoms with Gasteiger partial charge in [0.05, 0.1) is 15.6 Å². The molecule has 3 rings (SSSR count). The molecule has 0 amide bonds. The van der Waals surface area contributed by atoms with Crippen LogP contribution in [0.5, 0.6) is 0 Å². The summed E-state index contributed by atoms with van der Waals surface area (Å²) in [4.78, 5) is 0. The Morgan fingerprint density at radius 2 is 1.71 bits per heavy atom. The third kappa shape index (κ3) is 2.39. The molecule has 0 aliphatic rings. The summed E-state index contributed by atoms with van der Waals surface area (Å²) >= 11 is 12.4. The van der Waals surface area contributed by atoms with E-state index in [1.807, 2.05) is 49.5 Å². The lowest BCUT2D eigenvalue weighted by molar-refractivity contribution is 0.782. The van der Waals surface area contributed by atoms with Crippen LogP contribution in [0, 0.1) is 0 Å². The van der Waals surface area contributed by atoms with Crippen LogP contribution >= 0.6 is 23.2 Å². The van der Waals surface area contributed by atoms with E-state index in [0.717, 1.165) is 22.4 Å². The van der Waals surface area contributed by atoms with Crippen molar-refractivity contribution in [3.05, 3.63) is 58.6 Å². The highest BCUT2D eigenvalue weighted by molar-refractivity contribution is 6.43. The van der Waals surface area contributed by atoms with Gasteiger partial charge in [0, 0.05) is 12.6 Å². The van der Waals surface area contributed by atoms with Crippen molar-refractivity contribution in [2.45, 2.75) is 0 Å². The highest BCUT2D eigenvalue weighted by Gasteiger charge is 2.19. The average molecular weight is 318 g/mol. The normalized spacial score (nSPS) is 10.8. The molecule has 5 heteroatoms. The second-order valence-corrected chi connectivity index (χ2v) is 5.49. The van der Waals surface area contributed by atoms with E-state index in [2.05, 4.69) is 5.10 Å². The summed E-state index contributed by atoms with van der Waals surface area (Å²) in [6.45, 7) is 0. The van der Waals surface area contributed by atoms with Gasteiger partial charge in [0.2, 0.25) is 0 Å². The van der Waals surface area contributed by atoms with Crippen LogP contribution < -0.4 is 5.73 Å². The van der Waals surface area contributed by atoms with Crippen LogP contribution in [0.3, 0.4) is 0 Å². The van der Waals surface area contributed by atoms with Crippen LogP contribution in [-0.2, 0) is 7.05 Å². The molecule has 0 fully saturated rings. The van der Waals surface area contributed by atoms with Crippen molar-refractivity contribution in [1.82, 2.24) is 9.78 Å². The lowest BCUT2D eigenvalue weighted by Crippen LogP contribution is -1.97. The summed E-state index contributed by atoms with van der Waals surface area (Å²) in [6, 6.07) is 15.4. The van der Waals surface area contributed by atoms with E-state index in [4.69, 9.17) is 28.9 Å². The fraction of sp³-hybridized carbons (Fsp3) is 0.0625. The Morgan fingerprint density at radius 3 is 2.43 bits per heavy atom. The molecular formula is C16H13Cl2N3. The fourth-order valence-electron chi connectivity index (χ4n) is 2.30. The number of nitrogens with zero attached hydrogens (tertiary/aromatic N) is 2. The molecule has 0 aliphatic carbocycles. The molecule has 0 bridgehead atoms. The van der Waals surface area contributed by atoms with Crippen molar-refractivity contribution in [1.29, 1.82) is 0 Å². The standard InChI is InChI=1S/C16H13Cl2N3/c1-21-16(19)13(10-6-3-2-4-7-10)15(20-21)11-8-5-9-12(17)14(11)18/h2-9H,19H2,1H3. The molecule has 0 saturated heterocycles. The number of hydrogen-bond acceptors (Lipinski definition) is 2. The van der Waals surface area contributed by atoms with Crippen molar-refractivity contribution in [3.63, 3.8) is 0 Å². The third-order valence-electron chi connectivity index (χ3n) is 3.36. The zero-order valence-corrected chi connectivity index (χ0v) is 12.9. The van der Waals surface area contributed by atoms with Crippen molar-refractivity contribution < 1.29 is 0 Å². The minimum atomic E-state index is 0.481. The second kappa shape index (κ2) is 5.43. The van der Waals surface area contributed by atoms with Crippen LogP contribution in [0.25, 0.3) is 22.4 Å². The molecule has 2 N–H and O–H groups in total. The van der Waals surface area contributed by atoms with E-state index in [-0.39, 0.29) is 0 Å². The van der Waals surface area contributed by atoms with Crippen molar-refractivity contribution >= 4 is 29.0 Å². The number of rotatable bonds is 2. The summed E-state index contributed by atoms with van der Waals surface area (Å²) in [5.41, 5.74) is 9.55. The van der Waals surface area contributed by atoms with Gasteiger partial charge in [-0.15, -0.1) is 0 Å². The summed E-state index contributed by atoms with van der Waals surface area (Å²) in [6.07, 6.45) is 0. The van der Waals surface area contributed by atoms with Crippen LogP contribution in [0.15, 0.2) is 48.5 Å². The molecule has 106 valence electrons. The Kier molecular flexibility index (Phi) is 3.62. The topological polar surface area (TPSA) is 43.8 Å².